The Morgan fingerprint density at radius 3 is 2.82 bits per heavy atom. The summed E-state index contributed by atoms with van der Waals surface area (Å²) in [5.41, 5.74) is 3.63. The summed E-state index contributed by atoms with van der Waals surface area (Å²) in [7, 11) is 0. The monoisotopic (exact) mass is 247 g/mol. The fourth-order valence-corrected chi connectivity index (χ4v) is 2.64. The summed E-state index contributed by atoms with van der Waals surface area (Å²) in [4.78, 5) is 4.58. The van der Waals surface area contributed by atoms with Crippen LogP contribution in [0, 0.1) is 6.92 Å². The lowest BCUT2D eigenvalue weighted by atomic mass is 10.1. The van der Waals surface area contributed by atoms with E-state index in [0.717, 1.165) is 17.1 Å². The number of nitrogens with zero attached hydrogens (tertiary/aromatic N) is 1. The molecule has 3 heteroatoms. The number of aromatic nitrogens is 1. The SMILES string of the molecule is Cc1ccccc1Cc1nc(C(C)CO)cs1. The van der Waals surface area contributed by atoms with E-state index in [4.69, 9.17) is 5.11 Å². The second-order valence-corrected chi connectivity index (χ2v) is 5.30. The Labute approximate surface area is 106 Å². The predicted molar refractivity (Wildman–Crippen MR) is 71.6 cm³/mol. The van der Waals surface area contributed by atoms with E-state index in [1.54, 1.807) is 11.3 Å². The molecule has 1 aromatic heterocycles. The van der Waals surface area contributed by atoms with Gasteiger partial charge in [0.2, 0.25) is 0 Å². The van der Waals surface area contributed by atoms with Crippen LogP contribution in [0.25, 0.3) is 0 Å². The molecule has 1 N–H and O–H groups in total. The van der Waals surface area contributed by atoms with Gasteiger partial charge in [-0.3, -0.25) is 0 Å². The highest BCUT2D eigenvalue weighted by Crippen LogP contribution is 2.21. The molecule has 17 heavy (non-hydrogen) atoms. The van der Waals surface area contributed by atoms with Crippen molar-refractivity contribution in [3.8, 4) is 0 Å². The van der Waals surface area contributed by atoms with Crippen molar-refractivity contribution in [3.05, 3.63) is 51.5 Å². The van der Waals surface area contributed by atoms with Crippen LogP contribution in [0.3, 0.4) is 0 Å². The predicted octanol–water partition coefficient (Wildman–Crippen LogP) is 3.14. The van der Waals surface area contributed by atoms with Crippen LogP contribution in [-0.2, 0) is 6.42 Å². The van der Waals surface area contributed by atoms with Crippen molar-refractivity contribution in [2.24, 2.45) is 0 Å². The number of aliphatic hydroxyl groups is 1. The highest BCUT2D eigenvalue weighted by Gasteiger charge is 2.09. The van der Waals surface area contributed by atoms with Gasteiger partial charge in [-0.2, -0.15) is 0 Å². The van der Waals surface area contributed by atoms with Gasteiger partial charge in [0, 0.05) is 17.7 Å². The molecular weight excluding hydrogens is 230 g/mol. The first-order valence-electron chi connectivity index (χ1n) is 5.80. The Morgan fingerprint density at radius 1 is 1.35 bits per heavy atom. The Morgan fingerprint density at radius 2 is 2.12 bits per heavy atom. The van der Waals surface area contributed by atoms with E-state index in [-0.39, 0.29) is 12.5 Å². The van der Waals surface area contributed by atoms with Gasteiger partial charge in [0.05, 0.1) is 17.3 Å². The van der Waals surface area contributed by atoms with Gasteiger partial charge >= 0.3 is 0 Å². The molecule has 1 heterocycles. The van der Waals surface area contributed by atoms with Gasteiger partial charge in [0.15, 0.2) is 0 Å². The molecule has 0 aliphatic rings. The number of hydrogen-bond donors (Lipinski definition) is 1. The number of thiazole rings is 1. The summed E-state index contributed by atoms with van der Waals surface area (Å²) in [5.74, 6) is 0.136. The molecule has 0 radical (unpaired) electrons. The lowest BCUT2D eigenvalue weighted by Crippen LogP contribution is -1.99. The average molecular weight is 247 g/mol. The molecule has 0 saturated heterocycles. The number of hydrogen-bond acceptors (Lipinski definition) is 3. The molecule has 0 amide bonds. The molecule has 1 atom stereocenters. The van der Waals surface area contributed by atoms with Crippen LogP contribution < -0.4 is 0 Å². The van der Waals surface area contributed by atoms with E-state index in [2.05, 4.69) is 41.6 Å². The minimum absolute atomic E-state index is 0.136. The summed E-state index contributed by atoms with van der Waals surface area (Å²) >= 11 is 1.67. The minimum Gasteiger partial charge on any atom is -0.396 e. The van der Waals surface area contributed by atoms with Gasteiger partial charge in [-0.15, -0.1) is 11.3 Å². The smallest absolute Gasteiger partial charge is 0.0972 e. The first kappa shape index (κ1) is 12.3. The maximum Gasteiger partial charge on any atom is 0.0972 e. The van der Waals surface area contributed by atoms with E-state index in [9.17, 15) is 0 Å². The number of benzene rings is 1. The summed E-state index contributed by atoms with van der Waals surface area (Å²) in [5, 5.41) is 12.3. The van der Waals surface area contributed by atoms with Gasteiger partial charge in [-0.05, 0) is 18.1 Å². The van der Waals surface area contributed by atoms with Crippen molar-refractivity contribution >= 4 is 11.3 Å². The second-order valence-electron chi connectivity index (χ2n) is 4.35. The highest BCUT2D eigenvalue weighted by molar-refractivity contribution is 7.09. The number of aliphatic hydroxyl groups excluding tert-OH is 1. The van der Waals surface area contributed by atoms with E-state index in [1.165, 1.54) is 11.1 Å². The van der Waals surface area contributed by atoms with Gasteiger partial charge < -0.3 is 5.11 Å². The van der Waals surface area contributed by atoms with E-state index >= 15 is 0 Å². The largest absolute Gasteiger partial charge is 0.396 e. The lowest BCUT2D eigenvalue weighted by Gasteiger charge is -2.03. The zero-order valence-electron chi connectivity index (χ0n) is 10.2. The summed E-state index contributed by atoms with van der Waals surface area (Å²) in [6.07, 6.45) is 0.884. The van der Waals surface area contributed by atoms with Gasteiger partial charge in [0.25, 0.3) is 0 Å². The normalized spacial score (nSPS) is 12.6. The van der Waals surface area contributed by atoms with E-state index in [0.29, 0.717) is 0 Å². The molecule has 2 rings (SSSR count). The Hall–Kier alpha value is -1.19. The molecule has 1 aromatic carbocycles. The molecule has 0 saturated carbocycles. The minimum atomic E-state index is 0.136. The third kappa shape index (κ3) is 2.93. The average Bonchev–Trinajstić information content (AvgIpc) is 2.80. The summed E-state index contributed by atoms with van der Waals surface area (Å²) < 4.78 is 0. The maximum absolute atomic E-state index is 9.10. The molecule has 0 spiro atoms. The standard InChI is InChI=1S/C14H17NOS/c1-10-5-3-4-6-12(10)7-14-15-13(9-17-14)11(2)8-16/h3-6,9,11,16H,7-8H2,1-2H3. The first-order valence-corrected chi connectivity index (χ1v) is 6.68. The van der Waals surface area contributed by atoms with E-state index < -0.39 is 0 Å². The zero-order valence-corrected chi connectivity index (χ0v) is 11.0. The lowest BCUT2D eigenvalue weighted by molar-refractivity contribution is 0.271. The Balaban J connectivity index is 2.14. The van der Waals surface area contributed by atoms with Crippen molar-refractivity contribution in [2.45, 2.75) is 26.2 Å². The number of aryl methyl sites for hydroxylation is 1. The van der Waals surface area contributed by atoms with Crippen LogP contribution in [0.1, 0.15) is 34.7 Å². The van der Waals surface area contributed by atoms with Gasteiger partial charge in [-0.25, -0.2) is 4.98 Å². The molecule has 2 aromatic rings. The molecule has 90 valence electrons. The van der Waals surface area contributed by atoms with Crippen LogP contribution in [-0.4, -0.2) is 16.7 Å². The van der Waals surface area contributed by atoms with Crippen molar-refractivity contribution in [3.63, 3.8) is 0 Å². The van der Waals surface area contributed by atoms with Crippen molar-refractivity contribution in [1.29, 1.82) is 0 Å². The molecule has 2 nitrogen and oxygen atoms in total. The first-order chi connectivity index (χ1) is 8.20. The van der Waals surface area contributed by atoms with Crippen molar-refractivity contribution in [2.75, 3.05) is 6.61 Å². The topological polar surface area (TPSA) is 33.1 Å². The zero-order chi connectivity index (χ0) is 12.3. The summed E-state index contributed by atoms with van der Waals surface area (Å²) in [6.45, 7) is 4.28. The van der Waals surface area contributed by atoms with Crippen molar-refractivity contribution in [1.82, 2.24) is 4.98 Å². The maximum atomic E-state index is 9.10. The number of rotatable bonds is 4. The Kier molecular flexibility index (Phi) is 3.92. The molecule has 0 aliphatic heterocycles. The summed E-state index contributed by atoms with van der Waals surface area (Å²) in [6, 6.07) is 8.39. The van der Waals surface area contributed by atoms with Crippen LogP contribution >= 0.6 is 11.3 Å². The molecular formula is C14H17NOS. The third-order valence-electron chi connectivity index (χ3n) is 2.95. The Bertz CT molecular complexity index is 492. The van der Waals surface area contributed by atoms with Crippen LogP contribution in [0.5, 0.6) is 0 Å². The molecule has 0 bridgehead atoms. The van der Waals surface area contributed by atoms with E-state index in [1.807, 2.05) is 6.92 Å². The quantitative estimate of drug-likeness (QED) is 0.900. The van der Waals surface area contributed by atoms with Crippen LogP contribution in [0.4, 0.5) is 0 Å². The molecule has 0 fully saturated rings. The second kappa shape index (κ2) is 5.43. The fourth-order valence-electron chi connectivity index (χ4n) is 1.70. The van der Waals surface area contributed by atoms with Crippen LogP contribution in [0.2, 0.25) is 0 Å². The highest BCUT2D eigenvalue weighted by atomic mass is 32.1. The van der Waals surface area contributed by atoms with Crippen molar-refractivity contribution < 1.29 is 5.11 Å². The van der Waals surface area contributed by atoms with Crippen LogP contribution in [0.15, 0.2) is 29.6 Å². The molecule has 0 aliphatic carbocycles. The third-order valence-corrected chi connectivity index (χ3v) is 3.82. The van der Waals surface area contributed by atoms with Gasteiger partial charge in [0.1, 0.15) is 0 Å². The van der Waals surface area contributed by atoms with Gasteiger partial charge in [-0.1, -0.05) is 31.2 Å². The fraction of sp³-hybridized carbons (Fsp3) is 0.357. The molecule has 1 unspecified atom stereocenters.